The molecule has 0 saturated carbocycles. The van der Waals surface area contributed by atoms with Crippen molar-refractivity contribution in [1.82, 2.24) is 15.5 Å². The summed E-state index contributed by atoms with van der Waals surface area (Å²) in [6.07, 6.45) is 4.75. The van der Waals surface area contributed by atoms with Gasteiger partial charge in [-0.2, -0.15) is 10.2 Å². The first-order valence-electron chi connectivity index (χ1n) is 5.01. The lowest BCUT2D eigenvalue weighted by atomic mass is 10.1. The molecule has 15 heavy (non-hydrogen) atoms. The number of carbonyl (C=O) groups is 1. The van der Waals surface area contributed by atoms with Crippen LogP contribution < -0.4 is 11.1 Å². The van der Waals surface area contributed by atoms with Gasteiger partial charge in [-0.15, -0.1) is 0 Å². The normalized spacial score (nSPS) is 12.1. The van der Waals surface area contributed by atoms with E-state index in [4.69, 9.17) is 5.73 Å². The van der Waals surface area contributed by atoms with Gasteiger partial charge in [0.1, 0.15) is 0 Å². The van der Waals surface area contributed by atoms with E-state index in [0.29, 0.717) is 12.1 Å². The Balaban J connectivity index is 2.42. The Kier molecular flexibility index (Phi) is 4.70. The van der Waals surface area contributed by atoms with E-state index in [-0.39, 0.29) is 11.9 Å². The summed E-state index contributed by atoms with van der Waals surface area (Å²) in [6.45, 7) is 2.61. The largest absolute Gasteiger partial charge is 0.350 e. The first kappa shape index (κ1) is 11.6. The lowest BCUT2D eigenvalue weighted by Gasteiger charge is -2.12. The predicted octanol–water partition coefficient (Wildman–Crippen LogP) is 0.334. The Labute approximate surface area is 89.1 Å². The second-order valence-electron chi connectivity index (χ2n) is 3.44. The van der Waals surface area contributed by atoms with Gasteiger partial charge in [-0.05, 0) is 32.4 Å². The summed E-state index contributed by atoms with van der Waals surface area (Å²) < 4.78 is 0. The molecule has 0 fully saturated rings. The zero-order valence-corrected chi connectivity index (χ0v) is 8.81. The molecule has 5 nitrogen and oxygen atoms in total. The van der Waals surface area contributed by atoms with Crippen LogP contribution in [0.25, 0.3) is 0 Å². The number of carbonyl (C=O) groups excluding carboxylic acids is 1. The highest BCUT2D eigenvalue weighted by atomic mass is 16.1. The number of nitrogens with one attached hydrogen (secondary N) is 1. The third-order valence-electron chi connectivity index (χ3n) is 2.07. The van der Waals surface area contributed by atoms with Gasteiger partial charge in [-0.25, -0.2) is 0 Å². The fraction of sp³-hybridized carbons (Fsp3) is 0.500. The SMILES string of the molecule is CC(CCCN)NC(=O)c1ccnnc1. The van der Waals surface area contributed by atoms with E-state index in [0.717, 1.165) is 12.8 Å². The number of aromatic nitrogens is 2. The highest BCUT2D eigenvalue weighted by Crippen LogP contribution is 1.98. The molecule has 1 aromatic heterocycles. The molecule has 1 aromatic rings. The van der Waals surface area contributed by atoms with Gasteiger partial charge >= 0.3 is 0 Å². The number of nitrogens with two attached hydrogens (primary N) is 1. The molecule has 0 saturated heterocycles. The molecule has 5 heteroatoms. The Morgan fingerprint density at radius 1 is 1.60 bits per heavy atom. The van der Waals surface area contributed by atoms with Crippen molar-refractivity contribution >= 4 is 5.91 Å². The summed E-state index contributed by atoms with van der Waals surface area (Å²) in [6, 6.07) is 1.77. The molecule has 1 atom stereocenters. The first-order valence-corrected chi connectivity index (χ1v) is 5.01. The van der Waals surface area contributed by atoms with Crippen molar-refractivity contribution in [3.8, 4) is 0 Å². The maximum atomic E-state index is 11.6. The summed E-state index contributed by atoms with van der Waals surface area (Å²) in [4.78, 5) is 11.6. The van der Waals surface area contributed by atoms with Crippen molar-refractivity contribution < 1.29 is 4.79 Å². The third-order valence-corrected chi connectivity index (χ3v) is 2.07. The minimum absolute atomic E-state index is 0.116. The second kappa shape index (κ2) is 6.08. The first-order chi connectivity index (χ1) is 7.24. The molecule has 0 aromatic carbocycles. The number of nitrogens with zero attached hydrogens (tertiary/aromatic N) is 2. The van der Waals surface area contributed by atoms with E-state index in [2.05, 4.69) is 15.5 Å². The van der Waals surface area contributed by atoms with Gasteiger partial charge < -0.3 is 11.1 Å². The van der Waals surface area contributed by atoms with E-state index in [1.54, 1.807) is 6.07 Å². The van der Waals surface area contributed by atoms with Crippen molar-refractivity contribution in [1.29, 1.82) is 0 Å². The summed E-state index contributed by atoms with van der Waals surface area (Å²) in [5.41, 5.74) is 5.92. The highest BCUT2D eigenvalue weighted by Gasteiger charge is 2.08. The van der Waals surface area contributed by atoms with Crippen molar-refractivity contribution in [2.24, 2.45) is 5.73 Å². The van der Waals surface area contributed by atoms with E-state index >= 15 is 0 Å². The number of hydrogen-bond donors (Lipinski definition) is 2. The van der Waals surface area contributed by atoms with Crippen LogP contribution in [0.2, 0.25) is 0 Å². The Morgan fingerprint density at radius 2 is 2.40 bits per heavy atom. The zero-order valence-electron chi connectivity index (χ0n) is 8.81. The van der Waals surface area contributed by atoms with Gasteiger partial charge in [0.15, 0.2) is 0 Å². The number of hydrogen-bond acceptors (Lipinski definition) is 4. The fourth-order valence-corrected chi connectivity index (χ4v) is 1.23. The van der Waals surface area contributed by atoms with E-state index in [1.165, 1.54) is 12.4 Å². The average Bonchev–Trinajstić information content (AvgIpc) is 2.27. The highest BCUT2D eigenvalue weighted by molar-refractivity contribution is 5.93. The average molecular weight is 208 g/mol. The van der Waals surface area contributed by atoms with Crippen LogP contribution >= 0.6 is 0 Å². The third kappa shape index (κ3) is 4.03. The van der Waals surface area contributed by atoms with Crippen LogP contribution in [0.5, 0.6) is 0 Å². The maximum absolute atomic E-state index is 11.6. The van der Waals surface area contributed by atoms with Gasteiger partial charge in [0.25, 0.3) is 5.91 Å². The summed E-state index contributed by atoms with van der Waals surface area (Å²) in [7, 11) is 0. The minimum Gasteiger partial charge on any atom is -0.350 e. The molecule has 0 aliphatic heterocycles. The van der Waals surface area contributed by atoms with Crippen molar-refractivity contribution in [3.05, 3.63) is 24.0 Å². The van der Waals surface area contributed by atoms with Crippen LogP contribution in [0.1, 0.15) is 30.1 Å². The molecule has 1 rings (SSSR count). The van der Waals surface area contributed by atoms with Gasteiger partial charge in [-0.1, -0.05) is 0 Å². The van der Waals surface area contributed by atoms with Crippen molar-refractivity contribution in [2.75, 3.05) is 6.54 Å². The predicted molar refractivity (Wildman–Crippen MR) is 57.2 cm³/mol. The quantitative estimate of drug-likeness (QED) is 0.730. The lowest BCUT2D eigenvalue weighted by Crippen LogP contribution is -2.32. The van der Waals surface area contributed by atoms with Crippen LogP contribution in [-0.4, -0.2) is 28.7 Å². The molecular formula is C10H16N4O. The molecule has 0 radical (unpaired) electrons. The van der Waals surface area contributed by atoms with Crippen molar-refractivity contribution in [3.63, 3.8) is 0 Å². The molecule has 1 unspecified atom stereocenters. The summed E-state index contributed by atoms with van der Waals surface area (Å²) >= 11 is 0. The summed E-state index contributed by atoms with van der Waals surface area (Å²) in [5, 5.41) is 10.1. The summed E-state index contributed by atoms with van der Waals surface area (Å²) in [5.74, 6) is -0.116. The van der Waals surface area contributed by atoms with E-state index in [9.17, 15) is 4.79 Å². The van der Waals surface area contributed by atoms with Crippen LogP contribution in [0.15, 0.2) is 18.5 Å². The Bertz CT molecular complexity index is 302. The molecule has 0 aliphatic rings. The van der Waals surface area contributed by atoms with Crippen LogP contribution in [-0.2, 0) is 0 Å². The fourth-order valence-electron chi connectivity index (χ4n) is 1.23. The van der Waals surface area contributed by atoms with Gasteiger partial charge in [0.05, 0.1) is 18.0 Å². The van der Waals surface area contributed by atoms with E-state index < -0.39 is 0 Å². The van der Waals surface area contributed by atoms with Crippen LogP contribution in [0.4, 0.5) is 0 Å². The zero-order chi connectivity index (χ0) is 11.1. The van der Waals surface area contributed by atoms with Gasteiger partial charge in [0.2, 0.25) is 0 Å². The number of rotatable bonds is 5. The molecule has 1 heterocycles. The van der Waals surface area contributed by atoms with Crippen LogP contribution in [0.3, 0.4) is 0 Å². The molecule has 82 valence electrons. The topological polar surface area (TPSA) is 80.9 Å². The lowest BCUT2D eigenvalue weighted by molar-refractivity contribution is 0.0937. The smallest absolute Gasteiger partial charge is 0.253 e. The minimum atomic E-state index is -0.116. The second-order valence-corrected chi connectivity index (χ2v) is 3.44. The molecular weight excluding hydrogens is 192 g/mol. The van der Waals surface area contributed by atoms with Crippen molar-refractivity contribution in [2.45, 2.75) is 25.8 Å². The standard InChI is InChI=1S/C10H16N4O/c1-8(3-2-5-11)14-10(15)9-4-6-12-13-7-9/h4,6-8H,2-3,5,11H2,1H3,(H,14,15). The molecule has 1 amide bonds. The van der Waals surface area contributed by atoms with Gasteiger partial charge in [0, 0.05) is 6.04 Å². The molecule has 3 N–H and O–H groups in total. The van der Waals surface area contributed by atoms with E-state index in [1.807, 2.05) is 6.92 Å². The monoisotopic (exact) mass is 208 g/mol. The molecule has 0 bridgehead atoms. The number of amides is 1. The van der Waals surface area contributed by atoms with Crippen LogP contribution in [0, 0.1) is 0 Å². The maximum Gasteiger partial charge on any atom is 0.253 e. The van der Waals surface area contributed by atoms with Gasteiger partial charge in [-0.3, -0.25) is 4.79 Å². The molecule has 0 spiro atoms. The Morgan fingerprint density at radius 3 is 3.00 bits per heavy atom. The molecule has 0 aliphatic carbocycles. The Hall–Kier alpha value is -1.49.